The van der Waals surface area contributed by atoms with Crippen molar-refractivity contribution in [1.29, 1.82) is 0 Å². The minimum absolute atomic E-state index is 1.16. The summed E-state index contributed by atoms with van der Waals surface area (Å²) in [5.74, 6) is 0. The Labute approximate surface area is 299 Å². The number of aromatic nitrogens is 3. The summed E-state index contributed by atoms with van der Waals surface area (Å²) in [5.41, 5.74) is 14.6. The molecule has 12 rings (SSSR count). The Hall–Kier alpha value is -6.97. The number of para-hydroxylation sites is 2. The van der Waals surface area contributed by atoms with E-state index in [1.165, 1.54) is 104 Å². The van der Waals surface area contributed by atoms with Crippen molar-refractivity contribution >= 4 is 65.2 Å². The summed E-state index contributed by atoms with van der Waals surface area (Å²) in [6.45, 7) is 0. The quantitative estimate of drug-likeness (QED) is 0.185. The van der Waals surface area contributed by atoms with Gasteiger partial charge in [-0.25, -0.2) is 0 Å². The third-order valence-corrected chi connectivity index (χ3v) is 11.3. The van der Waals surface area contributed by atoms with E-state index in [1.807, 2.05) is 12.4 Å². The maximum atomic E-state index is 4.60. The number of hydrogen-bond donors (Lipinski definition) is 0. The molecule has 0 bridgehead atoms. The average Bonchev–Trinajstić information content (AvgIpc) is 3.83. The van der Waals surface area contributed by atoms with Crippen LogP contribution in [0.2, 0.25) is 0 Å². The average molecular weight is 660 g/mol. The lowest BCUT2D eigenvalue weighted by atomic mass is 10.00. The number of pyridine rings is 1. The van der Waals surface area contributed by atoms with E-state index >= 15 is 0 Å². The third-order valence-electron chi connectivity index (χ3n) is 11.3. The van der Waals surface area contributed by atoms with Gasteiger partial charge in [0.2, 0.25) is 0 Å². The van der Waals surface area contributed by atoms with E-state index in [0.717, 1.165) is 5.69 Å². The predicted octanol–water partition coefficient (Wildman–Crippen LogP) is 12.9. The van der Waals surface area contributed by atoms with Gasteiger partial charge in [-0.3, -0.25) is 4.98 Å². The second kappa shape index (κ2) is 10.3. The molecule has 3 heteroatoms. The van der Waals surface area contributed by atoms with Crippen molar-refractivity contribution in [3.63, 3.8) is 0 Å². The number of rotatable bonds is 3. The fourth-order valence-corrected chi connectivity index (χ4v) is 8.96. The Balaban J connectivity index is 1.05. The lowest BCUT2D eigenvalue weighted by Crippen LogP contribution is -1.94. The summed E-state index contributed by atoms with van der Waals surface area (Å²) in [4.78, 5) is 4.60. The molecule has 52 heavy (non-hydrogen) atoms. The molecule has 0 spiro atoms. The highest BCUT2D eigenvalue weighted by atomic mass is 15.0. The van der Waals surface area contributed by atoms with Crippen LogP contribution < -0.4 is 0 Å². The highest BCUT2D eigenvalue weighted by molar-refractivity contribution is 6.17. The van der Waals surface area contributed by atoms with Gasteiger partial charge in [0.1, 0.15) is 0 Å². The molecule has 11 aromatic rings. The van der Waals surface area contributed by atoms with Gasteiger partial charge in [0.25, 0.3) is 0 Å². The smallest absolute Gasteiger partial charge is 0.0547 e. The van der Waals surface area contributed by atoms with Gasteiger partial charge in [0.15, 0.2) is 0 Å². The van der Waals surface area contributed by atoms with E-state index < -0.39 is 0 Å². The van der Waals surface area contributed by atoms with Gasteiger partial charge in [0, 0.05) is 61.6 Å². The van der Waals surface area contributed by atoms with E-state index in [9.17, 15) is 0 Å². The van der Waals surface area contributed by atoms with Crippen LogP contribution in [0.4, 0.5) is 0 Å². The van der Waals surface area contributed by atoms with Crippen LogP contribution >= 0.6 is 0 Å². The summed E-state index contributed by atoms with van der Waals surface area (Å²) < 4.78 is 4.83. The number of fused-ring (bicyclic) bond motifs is 10. The Morgan fingerprint density at radius 3 is 1.81 bits per heavy atom. The van der Waals surface area contributed by atoms with Crippen LogP contribution in [0.3, 0.4) is 0 Å². The van der Waals surface area contributed by atoms with Gasteiger partial charge >= 0.3 is 0 Å². The molecule has 3 nitrogen and oxygen atoms in total. The second-order valence-electron chi connectivity index (χ2n) is 14.0. The van der Waals surface area contributed by atoms with Crippen LogP contribution in [0.25, 0.3) is 110 Å². The Morgan fingerprint density at radius 1 is 0.327 bits per heavy atom. The van der Waals surface area contributed by atoms with E-state index in [1.54, 1.807) is 0 Å². The number of benzene rings is 8. The molecule has 8 aromatic carbocycles. The predicted molar refractivity (Wildman–Crippen MR) is 218 cm³/mol. The molecule has 0 aliphatic heterocycles. The van der Waals surface area contributed by atoms with Gasteiger partial charge < -0.3 is 9.13 Å². The van der Waals surface area contributed by atoms with Crippen LogP contribution in [0.1, 0.15) is 0 Å². The zero-order valence-corrected chi connectivity index (χ0v) is 28.1. The van der Waals surface area contributed by atoms with Gasteiger partial charge in [-0.2, -0.15) is 0 Å². The molecule has 0 unspecified atom stereocenters. The first-order chi connectivity index (χ1) is 25.8. The molecular weight excluding hydrogens is 631 g/mol. The zero-order chi connectivity index (χ0) is 33.9. The van der Waals surface area contributed by atoms with Crippen LogP contribution in [0.5, 0.6) is 0 Å². The Morgan fingerprint density at radius 2 is 0.981 bits per heavy atom. The van der Waals surface area contributed by atoms with Crippen LogP contribution in [-0.4, -0.2) is 14.1 Å². The largest absolute Gasteiger partial charge is 0.309 e. The molecule has 1 aliphatic rings. The van der Waals surface area contributed by atoms with E-state index in [4.69, 9.17) is 0 Å². The summed E-state index contributed by atoms with van der Waals surface area (Å²) in [6.07, 6.45) is 4.00. The first-order valence-corrected chi connectivity index (χ1v) is 17.9. The summed E-state index contributed by atoms with van der Waals surface area (Å²) in [6, 6.07) is 60.3. The van der Waals surface area contributed by atoms with Crippen molar-refractivity contribution in [1.82, 2.24) is 14.1 Å². The maximum Gasteiger partial charge on any atom is 0.0547 e. The van der Waals surface area contributed by atoms with Gasteiger partial charge in [-0.15, -0.1) is 0 Å². The Kier molecular flexibility index (Phi) is 5.50. The number of nitrogens with zero attached hydrogens (tertiary/aromatic N) is 3. The molecule has 3 heterocycles. The van der Waals surface area contributed by atoms with Crippen molar-refractivity contribution in [2.75, 3.05) is 0 Å². The molecule has 0 radical (unpaired) electrons. The van der Waals surface area contributed by atoms with Crippen LogP contribution in [0.15, 0.2) is 176 Å². The normalized spacial score (nSPS) is 12.2. The topological polar surface area (TPSA) is 22.8 Å². The zero-order valence-electron chi connectivity index (χ0n) is 28.1. The van der Waals surface area contributed by atoms with Crippen LogP contribution in [0, 0.1) is 0 Å². The van der Waals surface area contributed by atoms with Crippen molar-refractivity contribution in [3.05, 3.63) is 176 Å². The molecule has 0 fully saturated rings. The highest BCUT2D eigenvalue weighted by Crippen LogP contribution is 2.48. The van der Waals surface area contributed by atoms with E-state index in [-0.39, 0.29) is 0 Å². The van der Waals surface area contributed by atoms with Crippen molar-refractivity contribution in [2.24, 2.45) is 0 Å². The molecular formula is C49H29N3. The standard InChI is InChI=1S/C49H29N3/c1-2-12-35(13-3-1)51-47-22-18-33(25-42(47)43-23-30-9-4-5-10-31(30)26-48(43)51)32-17-21-46-41(24-32)38-14-6-7-16-45(38)52(46)36-19-20-37-39-15-8-11-34-28-50-29-44(49(34)39)40(37)27-36/h1-29H. The van der Waals surface area contributed by atoms with Gasteiger partial charge in [0.05, 0.1) is 22.1 Å². The van der Waals surface area contributed by atoms with Gasteiger partial charge in [-0.1, -0.05) is 97.1 Å². The molecule has 0 saturated heterocycles. The highest BCUT2D eigenvalue weighted by Gasteiger charge is 2.23. The fraction of sp³-hybridized carbons (Fsp3) is 0. The monoisotopic (exact) mass is 659 g/mol. The minimum atomic E-state index is 1.16. The summed E-state index contributed by atoms with van der Waals surface area (Å²) in [7, 11) is 0. The molecule has 0 N–H and O–H groups in total. The van der Waals surface area contributed by atoms with Crippen LogP contribution in [-0.2, 0) is 0 Å². The third kappa shape index (κ3) is 3.77. The van der Waals surface area contributed by atoms with Crippen molar-refractivity contribution in [3.8, 4) is 44.8 Å². The molecule has 1 aliphatic carbocycles. The summed E-state index contributed by atoms with van der Waals surface area (Å²) >= 11 is 0. The Bertz CT molecular complexity index is 3280. The fourth-order valence-electron chi connectivity index (χ4n) is 8.96. The molecule has 3 aromatic heterocycles. The molecule has 0 saturated carbocycles. The SMILES string of the molecule is c1ccc(-n2c3ccc(-c4ccc5c(c4)c4ccccc4n5-c4ccc5c(c4)-c4cncc6cccc-5c46)cc3c3cc4ccccc4cc32)cc1. The lowest BCUT2D eigenvalue weighted by molar-refractivity contribution is 1.18. The lowest BCUT2D eigenvalue weighted by Gasteiger charge is -2.11. The van der Waals surface area contributed by atoms with Crippen molar-refractivity contribution < 1.29 is 0 Å². The van der Waals surface area contributed by atoms with Crippen molar-refractivity contribution in [2.45, 2.75) is 0 Å². The molecule has 0 atom stereocenters. The molecule has 0 amide bonds. The van der Waals surface area contributed by atoms with E-state index in [0.29, 0.717) is 0 Å². The maximum absolute atomic E-state index is 4.60. The first kappa shape index (κ1) is 27.8. The second-order valence-corrected chi connectivity index (χ2v) is 14.0. The molecule has 240 valence electrons. The first-order valence-electron chi connectivity index (χ1n) is 17.9. The van der Waals surface area contributed by atoms with E-state index in [2.05, 4.69) is 178 Å². The number of hydrogen-bond acceptors (Lipinski definition) is 1. The summed E-state index contributed by atoms with van der Waals surface area (Å²) in [5, 5.41) is 10.0. The minimum Gasteiger partial charge on any atom is -0.309 e. The van der Waals surface area contributed by atoms with Gasteiger partial charge in [-0.05, 0) is 105 Å².